The molecule has 2 aliphatic carbocycles. The van der Waals surface area contributed by atoms with Crippen LogP contribution in [0, 0.1) is 17.8 Å². The van der Waals surface area contributed by atoms with E-state index in [1.807, 2.05) is 6.20 Å². The Hall–Kier alpha value is -0.840. The Morgan fingerprint density at radius 2 is 2.40 bits per heavy atom. The SMILES string of the molecule is CC(NC(=O)CCn1cc(Br)cn1)C1CC2CCC1C2. The molecule has 2 saturated carbocycles. The first-order valence-electron chi connectivity index (χ1n) is 7.59. The summed E-state index contributed by atoms with van der Waals surface area (Å²) in [6.45, 7) is 2.81. The van der Waals surface area contributed by atoms with Crippen LogP contribution in [0.25, 0.3) is 0 Å². The van der Waals surface area contributed by atoms with E-state index in [0.717, 1.165) is 16.3 Å². The highest BCUT2D eigenvalue weighted by atomic mass is 79.9. The van der Waals surface area contributed by atoms with Crippen LogP contribution in [0.3, 0.4) is 0 Å². The molecule has 20 heavy (non-hydrogen) atoms. The number of hydrogen-bond acceptors (Lipinski definition) is 2. The van der Waals surface area contributed by atoms with Gasteiger partial charge in [0.1, 0.15) is 0 Å². The fourth-order valence-electron chi connectivity index (χ4n) is 4.02. The monoisotopic (exact) mass is 339 g/mol. The molecule has 2 fully saturated rings. The number of nitrogens with one attached hydrogen (secondary N) is 1. The molecular formula is C15H22BrN3O. The van der Waals surface area contributed by atoms with Crippen LogP contribution < -0.4 is 5.32 Å². The molecule has 1 aromatic rings. The number of aryl methyl sites for hydroxylation is 1. The van der Waals surface area contributed by atoms with Crippen LogP contribution in [0.4, 0.5) is 0 Å². The quantitative estimate of drug-likeness (QED) is 0.896. The average molecular weight is 340 g/mol. The maximum Gasteiger partial charge on any atom is 0.222 e. The van der Waals surface area contributed by atoms with Gasteiger partial charge in [0.05, 0.1) is 10.7 Å². The van der Waals surface area contributed by atoms with Crippen molar-refractivity contribution in [1.29, 1.82) is 0 Å². The Kier molecular flexibility index (Phi) is 4.15. The molecular weight excluding hydrogens is 318 g/mol. The van der Waals surface area contributed by atoms with E-state index in [4.69, 9.17) is 0 Å². The van der Waals surface area contributed by atoms with Crippen molar-refractivity contribution < 1.29 is 4.79 Å². The highest BCUT2D eigenvalue weighted by molar-refractivity contribution is 9.10. The number of rotatable bonds is 5. The number of amides is 1. The van der Waals surface area contributed by atoms with Gasteiger partial charge in [-0.2, -0.15) is 5.10 Å². The van der Waals surface area contributed by atoms with Gasteiger partial charge in [-0.05, 0) is 59.9 Å². The third-order valence-corrected chi connectivity index (χ3v) is 5.40. The van der Waals surface area contributed by atoms with E-state index in [1.165, 1.54) is 25.7 Å². The summed E-state index contributed by atoms with van der Waals surface area (Å²) in [6, 6.07) is 0.321. The van der Waals surface area contributed by atoms with Gasteiger partial charge >= 0.3 is 0 Å². The minimum absolute atomic E-state index is 0.145. The van der Waals surface area contributed by atoms with Gasteiger partial charge in [0.15, 0.2) is 0 Å². The minimum atomic E-state index is 0.145. The summed E-state index contributed by atoms with van der Waals surface area (Å²) in [6.07, 6.45) is 9.64. The van der Waals surface area contributed by atoms with E-state index in [-0.39, 0.29) is 5.91 Å². The van der Waals surface area contributed by atoms with Crippen LogP contribution >= 0.6 is 15.9 Å². The number of carbonyl (C=O) groups excluding carboxylic acids is 1. The van der Waals surface area contributed by atoms with E-state index < -0.39 is 0 Å². The number of carbonyl (C=O) groups is 1. The molecule has 0 saturated heterocycles. The van der Waals surface area contributed by atoms with E-state index in [9.17, 15) is 4.79 Å². The molecule has 0 aliphatic heterocycles. The lowest BCUT2D eigenvalue weighted by molar-refractivity contribution is -0.122. The number of hydrogen-bond donors (Lipinski definition) is 1. The third kappa shape index (κ3) is 3.08. The van der Waals surface area contributed by atoms with Gasteiger partial charge in [0, 0.05) is 25.2 Å². The lowest BCUT2D eigenvalue weighted by Gasteiger charge is -2.28. The smallest absolute Gasteiger partial charge is 0.222 e. The maximum atomic E-state index is 12.0. The number of halogens is 1. The van der Waals surface area contributed by atoms with Gasteiger partial charge in [-0.15, -0.1) is 0 Å². The molecule has 2 bridgehead atoms. The van der Waals surface area contributed by atoms with Crippen molar-refractivity contribution in [3.63, 3.8) is 0 Å². The molecule has 5 heteroatoms. The average Bonchev–Trinajstić information content (AvgIpc) is 3.12. The highest BCUT2D eigenvalue weighted by Crippen LogP contribution is 2.49. The van der Waals surface area contributed by atoms with Crippen LogP contribution in [-0.4, -0.2) is 21.7 Å². The van der Waals surface area contributed by atoms with E-state index in [2.05, 4.69) is 33.3 Å². The molecule has 0 aromatic carbocycles. The topological polar surface area (TPSA) is 46.9 Å². The van der Waals surface area contributed by atoms with Crippen molar-refractivity contribution in [3.05, 3.63) is 16.9 Å². The van der Waals surface area contributed by atoms with E-state index >= 15 is 0 Å². The van der Waals surface area contributed by atoms with Crippen molar-refractivity contribution >= 4 is 21.8 Å². The Bertz CT molecular complexity index is 487. The standard InChI is InChI=1S/C15H22BrN3O/c1-10(14-7-11-2-3-12(14)6-11)18-15(20)4-5-19-9-13(16)8-17-19/h8-12,14H,2-7H2,1H3,(H,18,20). The second-order valence-electron chi connectivity index (χ2n) is 6.37. The zero-order chi connectivity index (χ0) is 14.1. The molecule has 1 N–H and O–H groups in total. The molecule has 1 amide bonds. The number of fused-ring (bicyclic) bond motifs is 2. The minimum Gasteiger partial charge on any atom is -0.353 e. The van der Waals surface area contributed by atoms with Crippen LogP contribution in [0.1, 0.15) is 39.0 Å². The van der Waals surface area contributed by atoms with Crippen molar-refractivity contribution in [3.8, 4) is 0 Å². The van der Waals surface area contributed by atoms with Gasteiger partial charge in [-0.1, -0.05) is 6.42 Å². The second-order valence-corrected chi connectivity index (χ2v) is 7.28. The Balaban J connectivity index is 1.44. The summed E-state index contributed by atoms with van der Waals surface area (Å²) in [5.74, 6) is 2.64. The molecule has 0 radical (unpaired) electrons. The normalized spacial score (nSPS) is 29.6. The lowest BCUT2D eigenvalue weighted by Crippen LogP contribution is -2.40. The maximum absolute atomic E-state index is 12.0. The van der Waals surface area contributed by atoms with Crippen LogP contribution in [0.2, 0.25) is 0 Å². The summed E-state index contributed by atoms with van der Waals surface area (Å²) in [7, 11) is 0. The van der Waals surface area contributed by atoms with Crippen LogP contribution in [0.5, 0.6) is 0 Å². The fraction of sp³-hybridized carbons (Fsp3) is 0.733. The van der Waals surface area contributed by atoms with Gasteiger partial charge in [-0.3, -0.25) is 9.48 Å². The summed E-state index contributed by atoms with van der Waals surface area (Å²) in [5, 5.41) is 7.36. The van der Waals surface area contributed by atoms with Gasteiger partial charge in [-0.25, -0.2) is 0 Å². The zero-order valence-electron chi connectivity index (χ0n) is 11.9. The number of aromatic nitrogens is 2. The molecule has 1 heterocycles. The Morgan fingerprint density at radius 1 is 1.55 bits per heavy atom. The van der Waals surface area contributed by atoms with Crippen molar-refractivity contribution in [2.24, 2.45) is 17.8 Å². The second kappa shape index (κ2) is 5.88. The molecule has 4 nitrogen and oxygen atoms in total. The van der Waals surface area contributed by atoms with Gasteiger partial charge in [0.2, 0.25) is 5.91 Å². The van der Waals surface area contributed by atoms with Crippen molar-refractivity contribution in [2.45, 2.75) is 51.6 Å². The summed E-state index contributed by atoms with van der Waals surface area (Å²) < 4.78 is 2.75. The first-order chi connectivity index (χ1) is 9.61. The van der Waals surface area contributed by atoms with E-state index in [0.29, 0.717) is 24.9 Å². The first kappa shape index (κ1) is 14.1. The molecule has 0 spiro atoms. The van der Waals surface area contributed by atoms with Gasteiger partial charge < -0.3 is 5.32 Å². The molecule has 3 rings (SSSR count). The van der Waals surface area contributed by atoms with Crippen molar-refractivity contribution in [2.75, 3.05) is 0 Å². The predicted molar refractivity (Wildman–Crippen MR) is 81.1 cm³/mol. The first-order valence-corrected chi connectivity index (χ1v) is 8.38. The highest BCUT2D eigenvalue weighted by Gasteiger charge is 2.41. The van der Waals surface area contributed by atoms with Crippen LogP contribution in [0.15, 0.2) is 16.9 Å². The van der Waals surface area contributed by atoms with Crippen molar-refractivity contribution in [1.82, 2.24) is 15.1 Å². The predicted octanol–water partition coefficient (Wildman–Crippen LogP) is 2.98. The Morgan fingerprint density at radius 3 is 3.00 bits per heavy atom. The molecule has 2 aliphatic rings. The van der Waals surface area contributed by atoms with E-state index in [1.54, 1.807) is 10.9 Å². The Labute approximate surface area is 128 Å². The molecule has 1 aromatic heterocycles. The van der Waals surface area contributed by atoms with Crippen LogP contribution in [-0.2, 0) is 11.3 Å². The number of nitrogens with zero attached hydrogens (tertiary/aromatic N) is 2. The summed E-state index contributed by atoms with van der Waals surface area (Å²) in [5.41, 5.74) is 0. The molecule has 110 valence electrons. The summed E-state index contributed by atoms with van der Waals surface area (Å²) in [4.78, 5) is 12.0. The fourth-order valence-corrected chi connectivity index (χ4v) is 4.34. The largest absolute Gasteiger partial charge is 0.353 e. The zero-order valence-corrected chi connectivity index (χ0v) is 13.5. The third-order valence-electron chi connectivity index (χ3n) is 4.99. The summed E-state index contributed by atoms with van der Waals surface area (Å²) >= 11 is 3.36. The molecule has 4 unspecified atom stereocenters. The lowest BCUT2D eigenvalue weighted by atomic mass is 9.84. The molecule has 4 atom stereocenters. The van der Waals surface area contributed by atoms with Gasteiger partial charge in [0.25, 0.3) is 0 Å².